The Hall–Kier alpha value is -0.643. The summed E-state index contributed by atoms with van der Waals surface area (Å²) in [5, 5.41) is 1.26. The fourth-order valence-corrected chi connectivity index (χ4v) is 3.18. The molecule has 0 heterocycles. The molecule has 0 amide bonds. The molecule has 0 saturated heterocycles. The van der Waals surface area contributed by atoms with Crippen LogP contribution in [0, 0.1) is 6.92 Å². The minimum atomic E-state index is -1.63. The van der Waals surface area contributed by atoms with E-state index in [2.05, 4.69) is 19.1 Å². The average molecular weight is 210 g/mol. The Bertz CT molecular complexity index is 270. The van der Waals surface area contributed by atoms with Crippen molar-refractivity contribution in [3.8, 4) is 0 Å². The minimum Gasteiger partial charge on any atom is -0.394 e. The van der Waals surface area contributed by atoms with E-state index in [1.54, 1.807) is 0 Å². The maximum absolute atomic E-state index is 5.67. The highest BCUT2D eigenvalue weighted by Crippen LogP contribution is 1.99. The third kappa shape index (κ3) is 2.94. The minimum absolute atomic E-state index is 0.727. The summed E-state index contributed by atoms with van der Waals surface area (Å²) >= 11 is 0. The molecule has 0 atom stereocenters. The first-order valence-corrected chi connectivity index (χ1v) is 6.60. The molecule has 1 aromatic carbocycles. The van der Waals surface area contributed by atoms with Crippen LogP contribution in [0.1, 0.15) is 19.4 Å². The first-order valence-electron chi connectivity index (χ1n) is 5.08. The molecule has 0 spiro atoms. The molecule has 0 bridgehead atoms. The van der Waals surface area contributed by atoms with Crippen LogP contribution in [0.25, 0.3) is 0 Å². The summed E-state index contributed by atoms with van der Waals surface area (Å²) < 4.78 is 11.3. The largest absolute Gasteiger partial charge is 0.394 e. The summed E-state index contributed by atoms with van der Waals surface area (Å²) in [6.45, 7) is 7.58. The first-order chi connectivity index (χ1) is 6.79. The molecule has 0 unspecified atom stereocenters. The van der Waals surface area contributed by atoms with Crippen LogP contribution in [0.2, 0.25) is 0 Å². The van der Waals surface area contributed by atoms with Crippen molar-refractivity contribution in [3.05, 3.63) is 29.8 Å². The van der Waals surface area contributed by atoms with Crippen molar-refractivity contribution in [1.29, 1.82) is 0 Å². The number of rotatable bonds is 5. The van der Waals surface area contributed by atoms with E-state index >= 15 is 0 Å². The number of hydrogen-bond acceptors (Lipinski definition) is 2. The van der Waals surface area contributed by atoms with Gasteiger partial charge in [-0.3, -0.25) is 0 Å². The van der Waals surface area contributed by atoms with Gasteiger partial charge in [0, 0.05) is 13.2 Å². The number of hydrogen-bond donors (Lipinski definition) is 0. The van der Waals surface area contributed by atoms with Gasteiger partial charge in [-0.05, 0) is 31.5 Å². The van der Waals surface area contributed by atoms with E-state index in [0.717, 1.165) is 13.2 Å². The Morgan fingerprint density at radius 1 is 1.07 bits per heavy atom. The Morgan fingerprint density at radius 3 is 2.14 bits per heavy atom. The highest BCUT2D eigenvalue weighted by Gasteiger charge is 2.16. The van der Waals surface area contributed by atoms with Gasteiger partial charge < -0.3 is 8.85 Å². The molecule has 1 rings (SSSR count). The standard InChI is InChI=1S/C11H18O2Si/c1-4-12-14(13-5-2)11-9-7-6-8-10(11)3/h6-9,14H,4-5H2,1-3H3. The zero-order valence-corrected chi connectivity index (χ0v) is 10.3. The molecule has 2 nitrogen and oxygen atoms in total. The predicted octanol–water partition coefficient (Wildman–Crippen LogP) is 1.50. The van der Waals surface area contributed by atoms with E-state index in [4.69, 9.17) is 8.85 Å². The van der Waals surface area contributed by atoms with Gasteiger partial charge in [0.1, 0.15) is 0 Å². The second-order valence-electron chi connectivity index (χ2n) is 3.10. The van der Waals surface area contributed by atoms with Gasteiger partial charge in [0.15, 0.2) is 0 Å². The maximum atomic E-state index is 5.67. The van der Waals surface area contributed by atoms with E-state index in [0.29, 0.717) is 0 Å². The predicted molar refractivity (Wildman–Crippen MR) is 61.2 cm³/mol. The zero-order chi connectivity index (χ0) is 10.4. The Balaban J connectivity index is 2.81. The van der Waals surface area contributed by atoms with Crippen molar-refractivity contribution in [2.24, 2.45) is 0 Å². The van der Waals surface area contributed by atoms with Crippen molar-refractivity contribution >= 4 is 14.5 Å². The van der Waals surface area contributed by atoms with Gasteiger partial charge in [0.25, 0.3) is 0 Å². The Morgan fingerprint density at radius 2 is 1.64 bits per heavy atom. The lowest BCUT2D eigenvalue weighted by molar-refractivity contribution is 0.225. The zero-order valence-electron chi connectivity index (χ0n) is 9.12. The highest BCUT2D eigenvalue weighted by atomic mass is 28.3. The number of benzene rings is 1. The SMILES string of the molecule is CCO[SiH](OCC)c1ccccc1C. The van der Waals surface area contributed by atoms with Crippen molar-refractivity contribution in [2.75, 3.05) is 13.2 Å². The van der Waals surface area contributed by atoms with Crippen LogP contribution >= 0.6 is 0 Å². The van der Waals surface area contributed by atoms with Crippen molar-refractivity contribution in [3.63, 3.8) is 0 Å². The first kappa shape index (κ1) is 11.4. The smallest absolute Gasteiger partial charge is 0.356 e. The van der Waals surface area contributed by atoms with Crippen LogP contribution in [0.4, 0.5) is 0 Å². The van der Waals surface area contributed by atoms with Gasteiger partial charge in [0.05, 0.1) is 0 Å². The molecule has 0 fully saturated rings. The van der Waals surface area contributed by atoms with E-state index < -0.39 is 9.28 Å². The van der Waals surface area contributed by atoms with Crippen LogP contribution in [-0.2, 0) is 8.85 Å². The maximum Gasteiger partial charge on any atom is 0.356 e. The third-order valence-electron chi connectivity index (χ3n) is 2.08. The van der Waals surface area contributed by atoms with Crippen LogP contribution in [0.15, 0.2) is 24.3 Å². The molecular formula is C11H18O2Si. The fourth-order valence-electron chi connectivity index (χ4n) is 1.38. The van der Waals surface area contributed by atoms with E-state index in [9.17, 15) is 0 Å². The molecule has 0 aliphatic rings. The Labute approximate surface area is 87.7 Å². The summed E-state index contributed by atoms with van der Waals surface area (Å²) in [7, 11) is -1.63. The van der Waals surface area contributed by atoms with Gasteiger partial charge in [-0.25, -0.2) is 0 Å². The van der Waals surface area contributed by atoms with Crippen molar-refractivity contribution in [2.45, 2.75) is 20.8 Å². The van der Waals surface area contributed by atoms with Crippen LogP contribution in [0.3, 0.4) is 0 Å². The van der Waals surface area contributed by atoms with Crippen LogP contribution in [-0.4, -0.2) is 22.5 Å². The van der Waals surface area contributed by atoms with Gasteiger partial charge in [-0.15, -0.1) is 0 Å². The molecule has 3 heteroatoms. The quantitative estimate of drug-likeness (QED) is 0.686. The summed E-state index contributed by atoms with van der Waals surface area (Å²) in [5.74, 6) is 0. The molecule has 0 aromatic heterocycles. The molecule has 0 radical (unpaired) electrons. The van der Waals surface area contributed by atoms with Crippen molar-refractivity contribution in [1.82, 2.24) is 0 Å². The van der Waals surface area contributed by atoms with Gasteiger partial charge >= 0.3 is 9.28 Å². The molecule has 78 valence electrons. The Kier molecular flexibility index (Phi) is 4.86. The third-order valence-corrected chi connectivity index (χ3v) is 4.51. The lowest BCUT2D eigenvalue weighted by Gasteiger charge is -2.16. The molecule has 14 heavy (non-hydrogen) atoms. The molecule has 0 saturated carbocycles. The average Bonchev–Trinajstić information content (AvgIpc) is 2.18. The summed E-state index contributed by atoms with van der Waals surface area (Å²) in [6, 6.07) is 8.30. The normalized spacial score (nSPS) is 10.9. The monoisotopic (exact) mass is 210 g/mol. The molecule has 0 aliphatic heterocycles. The van der Waals surface area contributed by atoms with Gasteiger partial charge in [-0.1, -0.05) is 24.3 Å². The van der Waals surface area contributed by atoms with E-state index in [1.165, 1.54) is 10.8 Å². The summed E-state index contributed by atoms with van der Waals surface area (Å²) in [6.07, 6.45) is 0. The highest BCUT2D eigenvalue weighted by molar-refractivity contribution is 6.61. The summed E-state index contributed by atoms with van der Waals surface area (Å²) in [5.41, 5.74) is 1.27. The fraction of sp³-hybridized carbons (Fsp3) is 0.455. The molecular weight excluding hydrogens is 192 g/mol. The van der Waals surface area contributed by atoms with E-state index in [1.807, 2.05) is 26.0 Å². The lowest BCUT2D eigenvalue weighted by Crippen LogP contribution is -2.38. The second-order valence-corrected chi connectivity index (χ2v) is 5.05. The lowest BCUT2D eigenvalue weighted by atomic mass is 10.2. The van der Waals surface area contributed by atoms with Gasteiger partial charge in [0.2, 0.25) is 0 Å². The van der Waals surface area contributed by atoms with Gasteiger partial charge in [-0.2, -0.15) is 0 Å². The van der Waals surface area contributed by atoms with E-state index in [-0.39, 0.29) is 0 Å². The van der Waals surface area contributed by atoms with Crippen LogP contribution in [0.5, 0.6) is 0 Å². The summed E-state index contributed by atoms with van der Waals surface area (Å²) in [4.78, 5) is 0. The number of aryl methyl sites for hydroxylation is 1. The molecule has 0 N–H and O–H groups in total. The second kappa shape index (κ2) is 5.96. The van der Waals surface area contributed by atoms with Crippen LogP contribution < -0.4 is 5.19 Å². The van der Waals surface area contributed by atoms with Crippen molar-refractivity contribution < 1.29 is 8.85 Å². The molecule has 0 aliphatic carbocycles. The topological polar surface area (TPSA) is 18.5 Å². The molecule has 1 aromatic rings.